The van der Waals surface area contributed by atoms with Gasteiger partial charge in [0.15, 0.2) is 11.6 Å². The van der Waals surface area contributed by atoms with Crippen LogP contribution >= 0.6 is 11.6 Å². The molecule has 2 saturated heterocycles. The second kappa shape index (κ2) is 7.37. The van der Waals surface area contributed by atoms with Gasteiger partial charge in [-0.2, -0.15) is 0 Å². The van der Waals surface area contributed by atoms with E-state index in [4.69, 9.17) is 16.3 Å². The van der Waals surface area contributed by atoms with Crippen molar-refractivity contribution >= 4 is 29.2 Å². The van der Waals surface area contributed by atoms with Gasteiger partial charge in [-0.15, -0.1) is 10.2 Å². The molecule has 2 aliphatic rings. The van der Waals surface area contributed by atoms with Crippen molar-refractivity contribution in [3.05, 3.63) is 29.5 Å². The zero-order valence-electron chi connectivity index (χ0n) is 13.9. The molecule has 0 radical (unpaired) electrons. The van der Waals surface area contributed by atoms with Crippen LogP contribution in [0, 0.1) is 0 Å². The zero-order valence-corrected chi connectivity index (χ0v) is 14.6. The smallest absolute Gasteiger partial charge is 0.225 e. The summed E-state index contributed by atoms with van der Waals surface area (Å²) >= 11 is 5.85. The summed E-state index contributed by atoms with van der Waals surface area (Å²) in [5, 5.41) is 9.36. The van der Waals surface area contributed by atoms with Crippen molar-refractivity contribution in [3.8, 4) is 0 Å². The molecular formula is C16H20ClN7O. The number of aromatic nitrogens is 4. The Morgan fingerprint density at radius 2 is 1.28 bits per heavy atom. The summed E-state index contributed by atoms with van der Waals surface area (Å²) in [5.74, 6) is 2.55. The SMILES string of the molecule is Clc1cnc(N2CCN(c3ccc(N4CCOCC4)nn3)CC2)nc1. The third kappa shape index (κ3) is 3.74. The van der Waals surface area contributed by atoms with E-state index in [2.05, 4.69) is 34.9 Å². The molecule has 0 aliphatic carbocycles. The summed E-state index contributed by atoms with van der Waals surface area (Å²) in [6.07, 6.45) is 3.26. The molecule has 25 heavy (non-hydrogen) atoms. The third-order valence-electron chi connectivity index (χ3n) is 4.46. The second-order valence-electron chi connectivity index (χ2n) is 6.02. The van der Waals surface area contributed by atoms with Gasteiger partial charge in [-0.1, -0.05) is 11.6 Å². The lowest BCUT2D eigenvalue weighted by atomic mass is 10.3. The molecule has 0 N–H and O–H groups in total. The fourth-order valence-corrected chi connectivity index (χ4v) is 3.15. The van der Waals surface area contributed by atoms with E-state index < -0.39 is 0 Å². The topological polar surface area (TPSA) is 70.5 Å². The van der Waals surface area contributed by atoms with E-state index in [1.165, 1.54) is 0 Å². The minimum absolute atomic E-state index is 0.554. The first-order valence-electron chi connectivity index (χ1n) is 8.43. The molecule has 2 aliphatic heterocycles. The third-order valence-corrected chi connectivity index (χ3v) is 4.66. The van der Waals surface area contributed by atoms with Gasteiger partial charge >= 0.3 is 0 Å². The standard InChI is InChI=1S/C16H20ClN7O/c17-13-11-18-16(19-12-13)24-5-3-22(4-6-24)14-1-2-15(21-20-14)23-7-9-25-10-8-23/h1-2,11-12H,3-10H2. The minimum Gasteiger partial charge on any atom is -0.378 e. The van der Waals surface area contributed by atoms with Gasteiger partial charge in [0.25, 0.3) is 0 Å². The first kappa shape index (κ1) is 16.3. The Morgan fingerprint density at radius 3 is 1.84 bits per heavy atom. The molecule has 8 nitrogen and oxygen atoms in total. The van der Waals surface area contributed by atoms with Crippen molar-refractivity contribution in [2.24, 2.45) is 0 Å². The lowest BCUT2D eigenvalue weighted by molar-refractivity contribution is 0.122. The number of piperazine rings is 1. The molecule has 9 heteroatoms. The molecule has 0 bridgehead atoms. The monoisotopic (exact) mass is 361 g/mol. The highest BCUT2D eigenvalue weighted by atomic mass is 35.5. The summed E-state index contributed by atoms with van der Waals surface area (Å²) in [4.78, 5) is 15.2. The highest BCUT2D eigenvalue weighted by Gasteiger charge is 2.21. The number of morpholine rings is 1. The van der Waals surface area contributed by atoms with Crippen molar-refractivity contribution in [3.63, 3.8) is 0 Å². The van der Waals surface area contributed by atoms with Crippen LogP contribution in [-0.2, 0) is 4.74 Å². The van der Waals surface area contributed by atoms with Gasteiger partial charge in [-0.3, -0.25) is 0 Å². The van der Waals surface area contributed by atoms with E-state index in [1.807, 2.05) is 12.1 Å². The molecule has 0 unspecified atom stereocenters. The van der Waals surface area contributed by atoms with Crippen LogP contribution in [0.4, 0.5) is 17.6 Å². The number of ether oxygens (including phenoxy) is 1. The molecule has 0 spiro atoms. The predicted molar refractivity (Wildman–Crippen MR) is 96.5 cm³/mol. The lowest BCUT2D eigenvalue weighted by Gasteiger charge is -2.35. The molecule has 2 fully saturated rings. The molecule has 132 valence electrons. The largest absolute Gasteiger partial charge is 0.378 e. The van der Waals surface area contributed by atoms with E-state index in [0.717, 1.165) is 70.1 Å². The maximum absolute atomic E-state index is 5.85. The van der Waals surface area contributed by atoms with Gasteiger partial charge in [-0.25, -0.2) is 9.97 Å². The number of nitrogens with zero attached hydrogens (tertiary/aromatic N) is 7. The highest BCUT2D eigenvalue weighted by Crippen LogP contribution is 2.19. The molecule has 4 heterocycles. The van der Waals surface area contributed by atoms with E-state index in [9.17, 15) is 0 Å². The molecule has 4 rings (SSSR count). The van der Waals surface area contributed by atoms with Crippen LogP contribution in [0.3, 0.4) is 0 Å². The van der Waals surface area contributed by atoms with Crippen LogP contribution in [0.2, 0.25) is 5.02 Å². The Balaban J connectivity index is 1.36. The van der Waals surface area contributed by atoms with Crippen LogP contribution in [-0.4, -0.2) is 72.6 Å². The van der Waals surface area contributed by atoms with Crippen LogP contribution in [0.5, 0.6) is 0 Å². The molecule has 0 aromatic carbocycles. The number of halogens is 1. The summed E-state index contributed by atoms with van der Waals surface area (Å²) in [7, 11) is 0. The van der Waals surface area contributed by atoms with Crippen molar-refractivity contribution in [1.82, 2.24) is 20.2 Å². The number of rotatable bonds is 3. The lowest BCUT2D eigenvalue weighted by Crippen LogP contribution is -2.47. The fourth-order valence-electron chi connectivity index (χ4n) is 3.05. The summed E-state index contributed by atoms with van der Waals surface area (Å²) in [5.41, 5.74) is 0. The van der Waals surface area contributed by atoms with Gasteiger partial charge in [0, 0.05) is 39.3 Å². The Bertz CT molecular complexity index is 683. The maximum atomic E-state index is 5.85. The Kier molecular flexibility index (Phi) is 4.80. The van der Waals surface area contributed by atoms with Gasteiger partial charge < -0.3 is 19.4 Å². The minimum atomic E-state index is 0.554. The van der Waals surface area contributed by atoms with Crippen molar-refractivity contribution in [2.75, 3.05) is 67.2 Å². The fraction of sp³-hybridized carbons (Fsp3) is 0.500. The van der Waals surface area contributed by atoms with Crippen LogP contribution in [0.25, 0.3) is 0 Å². The average molecular weight is 362 g/mol. The van der Waals surface area contributed by atoms with Crippen LogP contribution in [0.1, 0.15) is 0 Å². The zero-order chi connectivity index (χ0) is 17.1. The second-order valence-corrected chi connectivity index (χ2v) is 6.46. The summed E-state index contributed by atoms with van der Waals surface area (Å²) < 4.78 is 5.37. The first-order chi connectivity index (χ1) is 12.3. The van der Waals surface area contributed by atoms with E-state index in [-0.39, 0.29) is 0 Å². The predicted octanol–water partition coefficient (Wildman–Crippen LogP) is 1.08. The van der Waals surface area contributed by atoms with Crippen molar-refractivity contribution < 1.29 is 4.74 Å². The van der Waals surface area contributed by atoms with Crippen molar-refractivity contribution in [1.29, 1.82) is 0 Å². The van der Waals surface area contributed by atoms with Gasteiger partial charge in [0.2, 0.25) is 5.95 Å². The van der Waals surface area contributed by atoms with Gasteiger partial charge in [-0.05, 0) is 12.1 Å². The molecule has 2 aromatic rings. The maximum Gasteiger partial charge on any atom is 0.225 e. The number of hydrogen-bond donors (Lipinski definition) is 0. The molecule has 2 aromatic heterocycles. The quantitative estimate of drug-likeness (QED) is 0.804. The summed E-state index contributed by atoms with van der Waals surface area (Å²) in [6.45, 7) is 6.64. The average Bonchev–Trinajstić information content (AvgIpc) is 2.70. The highest BCUT2D eigenvalue weighted by molar-refractivity contribution is 6.30. The summed E-state index contributed by atoms with van der Waals surface area (Å²) in [6, 6.07) is 4.09. The van der Waals surface area contributed by atoms with Crippen molar-refractivity contribution in [2.45, 2.75) is 0 Å². The Hall–Kier alpha value is -2.19. The first-order valence-corrected chi connectivity index (χ1v) is 8.81. The van der Waals surface area contributed by atoms with E-state index >= 15 is 0 Å². The normalized spacial score (nSPS) is 18.5. The van der Waals surface area contributed by atoms with Crippen LogP contribution < -0.4 is 14.7 Å². The molecule has 0 atom stereocenters. The molecular weight excluding hydrogens is 342 g/mol. The Morgan fingerprint density at radius 1 is 0.760 bits per heavy atom. The molecule has 0 saturated carbocycles. The van der Waals surface area contributed by atoms with Gasteiger partial charge in [0.05, 0.1) is 30.6 Å². The number of anilines is 3. The molecule has 0 amide bonds. The van der Waals surface area contributed by atoms with Crippen LogP contribution in [0.15, 0.2) is 24.5 Å². The van der Waals surface area contributed by atoms with E-state index in [1.54, 1.807) is 12.4 Å². The van der Waals surface area contributed by atoms with E-state index in [0.29, 0.717) is 5.02 Å². The Labute approximate surface area is 151 Å². The van der Waals surface area contributed by atoms with Gasteiger partial charge in [0.1, 0.15) is 0 Å². The number of hydrogen-bond acceptors (Lipinski definition) is 8.